The van der Waals surface area contributed by atoms with E-state index in [-0.39, 0.29) is 5.95 Å². The Morgan fingerprint density at radius 2 is 2.23 bits per heavy atom. The van der Waals surface area contributed by atoms with E-state index >= 15 is 0 Å². The van der Waals surface area contributed by atoms with Crippen LogP contribution in [0.2, 0.25) is 0 Å². The maximum absolute atomic E-state index is 5.40. The van der Waals surface area contributed by atoms with Gasteiger partial charge >= 0.3 is 0 Å². The summed E-state index contributed by atoms with van der Waals surface area (Å²) in [6.45, 7) is 1.92. The van der Waals surface area contributed by atoms with Crippen LogP contribution in [0.15, 0.2) is 24.7 Å². The van der Waals surface area contributed by atoms with E-state index in [1.54, 1.807) is 17.2 Å². The van der Waals surface area contributed by atoms with Crippen LogP contribution in [-0.4, -0.2) is 19.7 Å². The van der Waals surface area contributed by atoms with E-state index in [0.29, 0.717) is 0 Å². The van der Waals surface area contributed by atoms with Gasteiger partial charge in [0, 0.05) is 11.9 Å². The Labute approximate surface area is 75.2 Å². The van der Waals surface area contributed by atoms with Crippen LogP contribution >= 0.6 is 0 Å². The van der Waals surface area contributed by atoms with Gasteiger partial charge in [-0.2, -0.15) is 0 Å². The highest BCUT2D eigenvalue weighted by molar-refractivity contribution is 5.31. The van der Waals surface area contributed by atoms with Gasteiger partial charge in [0.05, 0.1) is 5.69 Å². The molecule has 0 aliphatic carbocycles. The topological polar surface area (TPSA) is 69.6 Å². The average molecular weight is 175 g/mol. The molecule has 2 heterocycles. The Hall–Kier alpha value is -1.91. The van der Waals surface area contributed by atoms with E-state index in [4.69, 9.17) is 5.73 Å². The van der Waals surface area contributed by atoms with Gasteiger partial charge in [-0.15, -0.1) is 5.10 Å². The number of rotatable bonds is 1. The number of hydrogen-bond donors (Lipinski definition) is 1. The summed E-state index contributed by atoms with van der Waals surface area (Å²) in [5.74, 6) is 0.273. The molecule has 2 aromatic heterocycles. The lowest BCUT2D eigenvalue weighted by molar-refractivity contribution is 0.877. The minimum atomic E-state index is 0.273. The van der Waals surface area contributed by atoms with Crippen LogP contribution in [0.3, 0.4) is 0 Å². The summed E-state index contributed by atoms with van der Waals surface area (Å²) in [6, 6.07) is 3.76. The molecule has 0 aromatic carbocycles. The van der Waals surface area contributed by atoms with Crippen molar-refractivity contribution >= 4 is 5.95 Å². The first-order valence-electron chi connectivity index (χ1n) is 3.86. The molecule has 0 saturated carbocycles. The molecule has 2 rings (SSSR count). The first-order chi connectivity index (χ1) is 6.25. The highest BCUT2D eigenvalue weighted by Gasteiger charge is 1.98. The van der Waals surface area contributed by atoms with E-state index in [9.17, 15) is 0 Å². The van der Waals surface area contributed by atoms with Crippen molar-refractivity contribution in [1.82, 2.24) is 19.7 Å². The van der Waals surface area contributed by atoms with Gasteiger partial charge < -0.3 is 5.73 Å². The van der Waals surface area contributed by atoms with E-state index < -0.39 is 0 Å². The number of anilines is 1. The predicted octanol–water partition coefficient (Wildman–Crippen LogP) is 0.553. The van der Waals surface area contributed by atoms with E-state index in [2.05, 4.69) is 15.1 Å². The highest BCUT2D eigenvalue weighted by Crippen LogP contribution is 2.06. The fourth-order valence-corrected chi connectivity index (χ4v) is 1.07. The van der Waals surface area contributed by atoms with Crippen molar-refractivity contribution in [2.45, 2.75) is 6.92 Å². The summed E-state index contributed by atoms with van der Waals surface area (Å²) >= 11 is 0. The van der Waals surface area contributed by atoms with E-state index in [1.807, 2.05) is 19.1 Å². The monoisotopic (exact) mass is 175 g/mol. The minimum absolute atomic E-state index is 0.273. The molecule has 2 N–H and O–H groups in total. The predicted molar refractivity (Wildman–Crippen MR) is 48.3 cm³/mol. The number of pyridine rings is 1. The summed E-state index contributed by atoms with van der Waals surface area (Å²) in [6.07, 6.45) is 3.30. The van der Waals surface area contributed by atoms with Gasteiger partial charge in [-0.05, 0) is 19.1 Å². The number of aromatic nitrogens is 4. The summed E-state index contributed by atoms with van der Waals surface area (Å²) in [7, 11) is 0. The second-order valence-electron chi connectivity index (χ2n) is 2.70. The van der Waals surface area contributed by atoms with Gasteiger partial charge in [0.1, 0.15) is 6.33 Å². The van der Waals surface area contributed by atoms with Gasteiger partial charge in [-0.3, -0.25) is 4.98 Å². The molecular weight excluding hydrogens is 166 g/mol. The zero-order valence-corrected chi connectivity index (χ0v) is 7.18. The van der Waals surface area contributed by atoms with Crippen molar-refractivity contribution in [3.05, 3.63) is 30.4 Å². The summed E-state index contributed by atoms with van der Waals surface area (Å²) in [4.78, 5) is 7.91. The third-order valence-electron chi connectivity index (χ3n) is 1.65. The van der Waals surface area contributed by atoms with Crippen LogP contribution in [0, 0.1) is 6.92 Å². The Bertz CT molecular complexity index is 420. The first-order valence-corrected chi connectivity index (χ1v) is 3.86. The lowest BCUT2D eigenvalue weighted by Crippen LogP contribution is -1.97. The molecule has 13 heavy (non-hydrogen) atoms. The smallest absolute Gasteiger partial charge is 0.239 e. The van der Waals surface area contributed by atoms with Gasteiger partial charge in [-0.1, -0.05) is 0 Å². The van der Waals surface area contributed by atoms with Crippen molar-refractivity contribution < 1.29 is 0 Å². The second-order valence-corrected chi connectivity index (χ2v) is 2.70. The van der Waals surface area contributed by atoms with Crippen LogP contribution < -0.4 is 5.73 Å². The summed E-state index contributed by atoms with van der Waals surface area (Å²) in [5.41, 5.74) is 7.25. The Kier molecular flexibility index (Phi) is 1.70. The number of aryl methyl sites for hydroxylation is 1. The molecule has 0 saturated heterocycles. The van der Waals surface area contributed by atoms with Crippen molar-refractivity contribution in [2.75, 3.05) is 5.73 Å². The number of nitrogens with two attached hydrogens (primary N) is 1. The minimum Gasteiger partial charge on any atom is -0.366 e. The standard InChI is InChI=1S/C8H9N5/c1-6-4-7(2-3-10-6)13-5-11-8(9)12-13/h2-5H,1H3,(H2,9,12). The molecule has 0 spiro atoms. The van der Waals surface area contributed by atoms with Crippen molar-refractivity contribution in [2.24, 2.45) is 0 Å². The third kappa shape index (κ3) is 1.48. The molecule has 2 aromatic rings. The average Bonchev–Trinajstić information content (AvgIpc) is 2.52. The molecular formula is C8H9N5. The quantitative estimate of drug-likeness (QED) is 0.687. The molecule has 66 valence electrons. The lowest BCUT2D eigenvalue weighted by Gasteiger charge is -1.99. The van der Waals surface area contributed by atoms with Gasteiger partial charge in [0.15, 0.2) is 0 Å². The summed E-state index contributed by atoms with van der Waals surface area (Å²) < 4.78 is 1.62. The van der Waals surface area contributed by atoms with Gasteiger partial charge in [-0.25, -0.2) is 9.67 Å². The van der Waals surface area contributed by atoms with Crippen LogP contribution in [0.4, 0.5) is 5.95 Å². The molecule has 5 nitrogen and oxygen atoms in total. The molecule has 0 fully saturated rings. The van der Waals surface area contributed by atoms with Crippen molar-refractivity contribution in [1.29, 1.82) is 0 Å². The molecule has 0 amide bonds. The van der Waals surface area contributed by atoms with Crippen LogP contribution in [-0.2, 0) is 0 Å². The van der Waals surface area contributed by atoms with Crippen molar-refractivity contribution in [3.8, 4) is 5.69 Å². The van der Waals surface area contributed by atoms with Gasteiger partial charge in [0.2, 0.25) is 5.95 Å². The lowest BCUT2D eigenvalue weighted by atomic mass is 10.3. The largest absolute Gasteiger partial charge is 0.366 e. The molecule has 0 atom stereocenters. The molecule has 5 heteroatoms. The van der Waals surface area contributed by atoms with Crippen LogP contribution in [0.1, 0.15) is 5.69 Å². The number of hydrogen-bond acceptors (Lipinski definition) is 4. The Balaban J connectivity index is 2.46. The van der Waals surface area contributed by atoms with E-state index in [0.717, 1.165) is 11.4 Å². The molecule has 0 unspecified atom stereocenters. The fourth-order valence-electron chi connectivity index (χ4n) is 1.07. The second kappa shape index (κ2) is 2.85. The molecule has 0 radical (unpaired) electrons. The summed E-state index contributed by atoms with van der Waals surface area (Å²) in [5, 5.41) is 3.98. The molecule has 0 aliphatic heterocycles. The maximum Gasteiger partial charge on any atom is 0.239 e. The zero-order chi connectivity index (χ0) is 9.26. The van der Waals surface area contributed by atoms with E-state index in [1.165, 1.54) is 0 Å². The first kappa shape index (κ1) is 7.72. The zero-order valence-electron chi connectivity index (χ0n) is 7.18. The Morgan fingerprint density at radius 3 is 2.85 bits per heavy atom. The number of nitrogen functional groups attached to an aromatic ring is 1. The SMILES string of the molecule is Cc1cc(-n2cnc(N)n2)ccn1. The number of nitrogens with zero attached hydrogens (tertiary/aromatic N) is 4. The van der Waals surface area contributed by atoms with Crippen molar-refractivity contribution in [3.63, 3.8) is 0 Å². The van der Waals surface area contributed by atoms with Crippen LogP contribution in [0.5, 0.6) is 0 Å². The van der Waals surface area contributed by atoms with Crippen LogP contribution in [0.25, 0.3) is 5.69 Å². The normalized spacial score (nSPS) is 10.2. The molecule has 0 bridgehead atoms. The highest BCUT2D eigenvalue weighted by atomic mass is 15.4. The molecule has 0 aliphatic rings. The Morgan fingerprint density at radius 1 is 1.38 bits per heavy atom. The maximum atomic E-state index is 5.40. The fraction of sp³-hybridized carbons (Fsp3) is 0.125. The van der Waals surface area contributed by atoms with Gasteiger partial charge in [0.25, 0.3) is 0 Å². The third-order valence-corrected chi connectivity index (χ3v) is 1.65.